The van der Waals surface area contributed by atoms with Crippen molar-refractivity contribution >= 4 is 17.4 Å². The van der Waals surface area contributed by atoms with Gasteiger partial charge in [-0.1, -0.05) is 0 Å². The maximum absolute atomic E-state index is 13.6. The lowest BCUT2D eigenvalue weighted by Gasteiger charge is -2.05. The van der Waals surface area contributed by atoms with Crippen LogP contribution in [0.1, 0.15) is 5.69 Å². The van der Waals surface area contributed by atoms with Crippen molar-refractivity contribution in [3.8, 4) is 11.3 Å². The largest absolute Gasteiger partial charge is 0.306 e. The first-order chi connectivity index (χ1) is 11.7. The van der Waals surface area contributed by atoms with Crippen LogP contribution in [0.4, 0.5) is 16.2 Å². The molecule has 4 heterocycles. The molecule has 4 aromatic rings. The first-order valence-electron chi connectivity index (χ1n) is 7.22. The molecular weight excluding hydrogens is 309 g/mol. The van der Waals surface area contributed by atoms with Gasteiger partial charge in [-0.2, -0.15) is 5.10 Å². The Morgan fingerprint density at radius 2 is 1.83 bits per heavy atom. The number of fused-ring (bicyclic) bond motifs is 1. The third kappa shape index (κ3) is 2.54. The van der Waals surface area contributed by atoms with Crippen molar-refractivity contribution in [2.45, 2.75) is 6.92 Å². The van der Waals surface area contributed by atoms with Gasteiger partial charge in [-0.15, -0.1) is 0 Å². The summed E-state index contributed by atoms with van der Waals surface area (Å²) in [6.07, 6.45) is 6.46. The van der Waals surface area contributed by atoms with Gasteiger partial charge in [-0.3, -0.25) is 0 Å². The standard InChI is InChI=1S/C16H12FN7/c1-10-4-5-14-19-9-13(24(14)23-10)11-7-20-16(21-8-11)22-15-12(17)3-2-6-18-15/h2-9H,1H3,(H,18,20,21,22). The van der Waals surface area contributed by atoms with Crippen LogP contribution in [0.15, 0.2) is 49.1 Å². The van der Waals surface area contributed by atoms with Crippen molar-refractivity contribution in [1.29, 1.82) is 0 Å². The molecule has 0 fully saturated rings. The monoisotopic (exact) mass is 321 g/mol. The van der Waals surface area contributed by atoms with E-state index in [0.29, 0.717) is 0 Å². The van der Waals surface area contributed by atoms with Gasteiger partial charge >= 0.3 is 0 Å². The van der Waals surface area contributed by atoms with Crippen LogP contribution >= 0.6 is 0 Å². The second kappa shape index (κ2) is 5.65. The summed E-state index contributed by atoms with van der Waals surface area (Å²) in [5, 5.41) is 7.18. The molecule has 0 radical (unpaired) electrons. The van der Waals surface area contributed by atoms with Crippen LogP contribution in [-0.4, -0.2) is 29.5 Å². The third-order valence-electron chi connectivity index (χ3n) is 3.43. The van der Waals surface area contributed by atoms with Gasteiger partial charge in [0.2, 0.25) is 5.95 Å². The molecule has 24 heavy (non-hydrogen) atoms. The van der Waals surface area contributed by atoms with Crippen LogP contribution < -0.4 is 5.32 Å². The Balaban J connectivity index is 1.66. The average Bonchev–Trinajstić information content (AvgIpc) is 3.01. The molecule has 0 aliphatic heterocycles. The molecule has 0 unspecified atom stereocenters. The van der Waals surface area contributed by atoms with Crippen LogP contribution in [0.2, 0.25) is 0 Å². The molecule has 8 heteroatoms. The molecule has 4 aromatic heterocycles. The number of nitrogens with one attached hydrogen (secondary N) is 1. The van der Waals surface area contributed by atoms with Gasteiger partial charge in [0, 0.05) is 24.2 Å². The fourth-order valence-corrected chi connectivity index (χ4v) is 2.27. The lowest BCUT2D eigenvalue weighted by molar-refractivity contribution is 0.626. The predicted molar refractivity (Wildman–Crippen MR) is 86.2 cm³/mol. The topological polar surface area (TPSA) is 80.9 Å². The predicted octanol–water partition coefficient (Wildman–Crippen LogP) is 2.77. The Morgan fingerprint density at radius 3 is 2.62 bits per heavy atom. The summed E-state index contributed by atoms with van der Waals surface area (Å²) in [6, 6.07) is 6.63. The summed E-state index contributed by atoms with van der Waals surface area (Å²) in [6.45, 7) is 1.91. The molecule has 4 rings (SSSR count). The fourth-order valence-electron chi connectivity index (χ4n) is 2.27. The average molecular weight is 321 g/mol. The lowest BCUT2D eigenvalue weighted by Crippen LogP contribution is -2.01. The number of rotatable bonds is 3. The highest BCUT2D eigenvalue weighted by Crippen LogP contribution is 2.20. The summed E-state index contributed by atoms with van der Waals surface area (Å²) >= 11 is 0. The first-order valence-corrected chi connectivity index (χ1v) is 7.22. The van der Waals surface area contributed by atoms with E-state index in [1.165, 1.54) is 18.3 Å². The number of aryl methyl sites for hydroxylation is 1. The number of anilines is 2. The highest BCUT2D eigenvalue weighted by molar-refractivity contribution is 5.62. The minimum absolute atomic E-state index is 0.0809. The number of aromatic nitrogens is 6. The zero-order valence-corrected chi connectivity index (χ0v) is 12.7. The van der Waals surface area contributed by atoms with E-state index in [9.17, 15) is 4.39 Å². The molecule has 0 amide bonds. The minimum atomic E-state index is -0.466. The van der Waals surface area contributed by atoms with Crippen LogP contribution in [0.25, 0.3) is 16.9 Å². The van der Waals surface area contributed by atoms with Crippen molar-refractivity contribution in [3.05, 3.63) is 60.6 Å². The number of halogens is 1. The first kappa shape index (κ1) is 14.2. The van der Waals surface area contributed by atoms with Crippen molar-refractivity contribution in [1.82, 2.24) is 29.5 Å². The summed E-state index contributed by atoms with van der Waals surface area (Å²) in [5.74, 6) is -0.127. The van der Waals surface area contributed by atoms with Crippen LogP contribution in [0.3, 0.4) is 0 Å². The Bertz CT molecular complexity index is 1010. The normalized spacial score (nSPS) is 10.9. The molecular formula is C16H12FN7. The fraction of sp³-hybridized carbons (Fsp3) is 0.0625. The van der Waals surface area contributed by atoms with Gasteiger partial charge in [-0.05, 0) is 31.2 Å². The van der Waals surface area contributed by atoms with Crippen LogP contribution in [0.5, 0.6) is 0 Å². The van der Waals surface area contributed by atoms with E-state index in [2.05, 4.69) is 30.4 Å². The summed E-state index contributed by atoms with van der Waals surface area (Å²) in [7, 11) is 0. The van der Waals surface area contributed by atoms with Crippen molar-refractivity contribution < 1.29 is 4.39 Å². The summed E-state index contributed by atoms with van der Waals surface area (Å²) in [4.78, 5) is 16.6. The highest BCUT2D eigenvalue weighted by Gasteiger charge is 2.09. The Hall–Kier alpha value is -3.42. The van der Waals surface area contributed by atoms with Gasteiger partial charge in [0.25, 0.3) is 0 Å². The number of imidazole rings is 1. The van der Waals surface area contributed by atoms with E-state index in [1.807, 2.05) is 19.1 Å². The van der Waals surface area contributed by atoms with Crippen molar-refractivity contribution in [3.63, 3.8) is 0 Å². The highest BCUT2D eigenvalue weighted by atomic mass is 19.1. The molecule has 0 aliphatic rings. The van der Waals surface area contributed by atoms with E-state index < -0.39 is 5.82 Å². The summed E-state index contributed by atoms with van der Waals surface area (Å²) < 4.78 is 15.3. The molecule has 0 saturated heterocycles. The second-order valence-corrected chi connectivity index (χ2v) is 5.14. The van der Waals surface area contributed by atoms with E-state index in [1.54, 1.807) is 23.1 Å². The van der Waals surface area contributed by atoms with Gasteiger partial charge in [0.15, 0.2) is 17.3 Å². The summed E-state index contributed by atoms with van der Waals surface area (Å²) in [5.41, 5.74) is 3.16. The molecule has 0 aliphatic carbocycles. The van der Waals surface area contributed by atoms with E-state index in [4.69, 9.17) is 0 Å². The number of nitrogens with zero attached hydrogens (tertiary/aromatic N) is 6. The zero-order chi connectivity index (χ0) is 16.5. The second-order valence-electron chi connectivity index (χ2n) is 5.14. The molecule has 0 aromatic carbocycles. The molecule has 0 spiro atoms. The maximum Gasteiger partial charge on any atom is 0.228 e. The Morgan fingerprint density at radius 1 is 1.00 bits per heavy atom. The number of hydrogen-bond acceptors (Lipinski definition) is 6. The van der Waals surface area contributed by atoms with E-state index in [-0.39, 0.29) is 11.8 Å². The van der Waals surface area contributed by atoms with Crippen molar-refractivity contribution in [2.75, 3.05) is 5.32 Å². The van der Waals surface area contributed by atoms with E-state index >= 15 is 0 Å². The molecule has 7 nitrogen and oxygen atoms in total. The zero-order valence-electron chi connectivity index (χ0n) is 12.7. The maximum atomic E-state index is 13.6. The smallest absolute Gasteiger partial charge is 0.228 e. The van der Waals surface area contributed by atoms with E-state index in [0.717, 1.165) is 22.6 Å². The van der Waals surface area contributed by atoms with Gasteiger partial charge in [0.1, 0.15) is 0 Å². The molecule has 118 valence electrons. The van der Waals surface area contributed by atoms with Gasteiger partial charge in [0.05, 0.1) is 17.6 Å². The molecule has 0 atom stereocenters. The number of hydrogen-bond donors (Lipinski definition) is 1. The van der Waals surface area contributed by atoms with Gasteiger partial charge < -0.3 is 5.32 Å². The molecule has 1 N–H and O–H groups in total. The SMILES string of the molecule is Cc1ccc2ncc(-c3cnc(Nc4ncccc4F)nc3)n2n1. The van der Waals surface area contributed by atoms with Crippen LogP contribution in [0, 0.1) is 12.7 Å². The Kier molecular flexibility index (Phi) is 3.34. The Labute approximate surface area is 136 Å². The van der Waals surface area contributed by atoms with Crippen molar-refractivity contribution in [2.24, 2.45) is 0 Å². The minimum Gasteiger partial charge on any atom is -0.306 e. The van der Waals surface area contributed by atoms with Gasteiger partial charge in [-0.25, -0.2) is 28.8 Å². The quantitative estimate of drug-likeness (QED) is 0.625. The lowest BCUT2D eigenvalue weighted by atomic mass is 10.3. The molecule has 0 bridgehead atoms. The number of pyridine rings is 1. The molecule has 0 saturated carbocycles. The van der Waals surface area contributed by atoms with Crippen LogP contribution in [-0.2, 0) is 0 Å². The third-order valence-corrected chi connectivity index (χ3v) is 3.43.